The van der Waals surface area contributed by atoms with Gasteiger partial charge in [0.1, 0.15) is 5.82 Å². The highest BCUT2D eigenvalue weighted by Gasteiger charge is 2.35. The first-order valence-corrected chi connectivity index (χ1v) is 4.69. The number of alkyl halides is 6. The molecule has 1 rings (SSSR count). The highest BCUT2D eigenvalue weighted by molar-refractivity contribution is 5.85. The second kappa shape index (κ2) is 5.96. The van der Waals surface area contributed by atoms with Crippen LogP contribution in [0, 0.1) is 5.82 Å². The van der Waals surface area contributed by atoms with Crippen molar-refractivity contribution in [2.75, 3.05) is 0 Å². The molecule has 0 heterocycles. The lowest BCUT2D eigenvalue weighted by molar-refractivity contribution is -0.138. The topological polar surface area (TPSA) is 26.0 Å². The molecule has 0 bridgehead atoms. The van der Waals surface area contributed by atoms with E-state index in [1.807, 2.05) is 0 Å². The summed E-state index contributed by atoms with van der Waals surface area (Å²) in [4.78, 5) is 0. The first-order valence-electron chi connectivity index (χ1n) is 4.69. The maximum absolute atomic E-state index is 13.2. The molecule has 0 spiro atoms. The summed E-state index contributed by atoms with van der Waals surface area (Å²) >= 11 is 0. The Morgan fingerprint density at radius 2 is 1.58 bits per heavy atom. The predicted molar refractivity (Wildman–Crippen MR) is 56.3 cm³/mol. The molecule has 1 aromatic rings. The van der Waals surface area contributed by atoms with Gasteiger partial charge < -0.3 is 5.73 Å². The fraction of sp³-hybridized carbons (Fsp3) is 0.400. The molecular weight excluding hydrogens is 303 g/mol. The van der Waals surface area contributed by atoms with Crippen LogP contribution < -0.4 is 5.73 Å². The molecule has 0 aromatic heterocycles. The summed E-state index contributed by atoms with van der Waals surface area (Å²) in [5, 5.41) is 0. The monoisotopic (exact) mass is 311 g/mol. The average Bonchev–Trinajstić information content (AvgIpc) is 2.13. The van der Waals surface area contributed by atoms with Gasteiger partial charge in [-0.15, -0.1) is 12.4 Å². The van der Waals surface area contributed by atoms with Gasteiger partial charge in [0.2, 0.25) is 0 Å². The fourth-order valence-electron chi connectivity index (χ4n) is 1.36. The van der Waals surface area contributed by atoms with Gasteiger partial charge in [0.25, 0.3) is 0 Å². The van der Waals surface area contributed by atoms with Crippen molar-refractivity contribution >= 4 is 12.4 Å². The Morgan fingerprint density at radius 3 is 2.00 bits per heavy atom. The summed E-state index contributed by atoms with van der Waals surface area (Å²) in [6.07, 6.45) is -11.0. The van der Waals surface area contributed by atoms with Crippen LogP contribution in [0.25, 0.3) is 0 Å². The van der Waals surface area contributed by atoms with Crippen molar-refractivity contribution < 1.29 is 30.7 Å². The molecule has 0 aliphatic carbocycles. The van der Waals surface area contributed by atoms with Crippen molar-refractivity contribution in [3.8, 4) is 0 Å². The third-order valence-electron chi connectivity index (χ3n) is 2.17. The highest BCUT2D eigenvalue weighted by Crippen LogP contribution is 2.34. The first kappa shape index (κ1) is 18.0. The Labute approximate surface area is 110 Å². The summed E-state index contributed by atoms with van der Waals surface area (Å²) in [6, 6.07) is -0.675. The Kier molecular flexibility index (Phi) is 5.64. The first-order chi connectivity index (χ1) is 8.00. The van der Waals surface area contributed by atoms with Gasteiger partial charge >= 0.3 is 12.4 Å². The number of rotatable bonds is 2. The van der Waals surface area contributed by atoms with E-state index in [2.05, 4.69) is 0 Å². The van der Waals surface area contributed by atoms with E-state index < -0.39 is 41.8 Å². The number of nitrogens with two attached hydrogens (primary N) is 1. The molecule has 9 heteroatoms. The largest absolute Gasteiger partial charge is 0.416 e. The predicted octanol–water partition coefficient (Wildman–Crippen LogP) is 4.22. The molecule has 0 saturated heterocycles. The Morgan fingerprint density at radius 1 is 1.05 bits per heavy atom. The Bertz CT molecular complexity index is 427. The van der Waals surface area contributed by atoms with E-state index in [0.717, 1.165) is 0 Å². The molecule has 0 radical (unpaired) electrons. The smallest absolute Gasteiger partial charge is 0.324 e. The van der Waals surface area contributed by atoms with Gasteiger partial charge in [0, 0.05) is 11.6 Å². The summed E-state index contributed by atoms with van der Waals surface area (Å²) < 4.78 is 86.2. The van der Waals surface area contributed by atoms with Crippen molar-refractivity contribution in [2.24, 2.45) is 5.73 Å². The van der Waals surface area contributed by atoms with Gasteiger partial charge in [-0.1, -0.05) is 0 Å². The van der Waals surface area contributed by atoms with Crippen LogP contribution in [0.1, 0.15) is 23.6 Å². The normalized spacial score (nSPS) is 13.9. The number of halogens is 8. The molecule has 0 fully saturated rings. The second-order valence-electron chi connectivity index (χ2n) is 3.66. The van der Waals surface area contributed by atoms with E-state index in [1.165, 1.54) is 0 Å². The zero-order chi connectivity index (χ0) is 14.1. The van der Waals surface area contributed by atoms with Crippen LogP contribution in [0.5, 0.6) is 0 Å². The lowest BCUT2D eigenvalue weighted by Gasteiger charge is -2.16. The molecule has 0 unspecified atom stereocenters. The lowest BCUT2D eigenvalue weighted by Crippen LogP contribution is -2.21. The summed E-state index contributed by atoms with van der Waals surface area (Å²) in [5.74, 6) is -1.19. The van der Waals surface area contributed by atoms with Crippen LogP contribution in [-0.2, 0) is 6.18 Å². The van der Waals surface area contributed by atoms with Crippen LogP contribution in [0.15, 0.2) is 18.2 Å². The molecule has 0 amide bonds. The molecule has 1 nitrogen and oxygen atoms in total. The van der Waals surface area contributed by atoms with E-state index in [9.17, 15) is 30.7 Å². The molecule has 0 aliphatic rings. The second-order valence-corrected chi connectivity index (χ2v) is 3.66. The van der Waals surface area contributed by atoms with Crippen molar-refractivity contribution in [3.05, 3.63) is 35.1 Å². The minimum Gasteiger partial charge on any atom is -0.324 e. The third kappa shape index (κ3) is 5.23. The number of hydrogen-bond donors (Lipinski definition) is 1. The van der Waals surface area contributed by atoms with E-state index >= 15 is 0 Å². The average molecular weight is 312 g/mol. The van der Waals surface area contributed by atoms with Gasteiger partial charge in [-0.2, -0.15) is 26.3 Å². The van der Waals surface area contributed by atoms with Gasteiger partial charge in [-0.05, 0) is 18.2 Å². The molecule has 1 aromatic carbocycles. The van der Waals surface area contributed by atoms with Crippen LogP contribution in [0.4, 0.5) is 30.7 Å². The maximum atomic E-state index is 13.2. The van der Waals surface area contributed by atoms with Gasteiger partial charge in [0.15, 0.2) is 0 Å². The van der Waals surface area contributed by atoms with E-state index in [4.69, 9.17) is 5.73 Å². The summed E-state index contributed by atoms with van der Waals surface area (Å²) in [6.45, 7) is 0. The molecule has 2 N–H and O–H groups in total. The van der Waals surface area contributed by atoms with E-state index in [0.29, 0.717) is 18.2 Å². The van der Waals surface area contributed by atoms with E-state index in [1.54, 1.807) is 0 Å². The summed E-state index contributed by atoms with van der Waals surface area (Å²) in [7, 11) is 0. The van der Waals surface area contributed by atoms with Crippen molar-refractivity contribution in [1.29, 1.82) is 0 Å². The highest BCUT2D eigenvalue weighted by atomic mass is 35.5. The third-order valence-corrected chi connectivity index (χ3v) is 2.17. The number of benzene rings is 1. The Balaban J connectivity index is 0.00000324. The molecule has 1 atom stereocenters. The van der Waals surface area contributed by atoms with Crippen LogP contribution in [-0.4, -0.2) is 6.18 Å². The van der Waals surface area contributed by atoms with Crippen molar-refractivity contribution in [1.82, 2.24) is 0 Å². The van der Waals surface area contributed by atoms with Crippen molar-refractivity contribution in [3.63, 3.8) is 0 Å². The zero-order valence-electron chi connectivity index (χ0n) is 9.15. The standard InChI is InChI=1S/C10H8F7N.ClH/c11-7-2-1-5(10(15,16)17)3-6(7)8(18)4-9(12,13)14;/h1-3,8H,4,18H2;1H/t8-;/m1./s1. The minimum absolute atomic E-state index is 0. The molecule has 0 aliphatic heterocycles. The van der Waals surface area contributed by atoms with Crippen LogP contribution in [0.3, 0.4) is 0 Å². The van der Waals surface area contributed by atoms with E-state index in [-0.39, 0.29) is 12.4 Å². The molecule has 110 valence electrons. The SMILES string of the molecule is Cl.N[C@H](CC(F)(F)F)c1cc(C(F)(F)F)ccc1F. The zero-order valence-corrected chi connectivity index (χ0v) is 9.96. The lowest BCUT2D eigenvalue weighted by atomic mass is 10.0. The maximum Gasteiger partial charge on any atom is 0.416 e. The number of hydrogen-bond acceptors (Lipinski definition) is 1. The van der Waals surface area contributed by atoms with Crippen molar-refractivity contribution in [2.45, 2.75) is 24.8 Å². The quantitative estimate of drug-likeness (QED) is 0.813. The fourth-order valence-corrected chi connectivity index (χ4v) is 1.36. The van der Waals surface area contributed by atoms with Gasteiger partial charge in [-0.25, -0.2) is 4.39 Å². The van der Waals surface area contributed by atoms with Gasteiger partial charge in [0.05, 0.1) is 12.0 Å². The van der Waals surface area contributed by atoms with Crippen LogP contribution in [0.2, 0.25) is 0 Å². The van der Waals surface area contributed by atoms with Crippen LogP contribution >= 0.6 is 12.4 Å². The molecule has 0 saturated carbocycles. The molecular formula is C10H9ClF7N. The summed E-state index contributed by atoms with van der Waals surface area (Å²) in [5.41, 5.74) is 3.02. The Hall–Kier alpha value is -1.02. The molecule has 19 heavy (non-hydrogen) atoms. The minimum atomic E-state index is -4.76. The van der Waals surface area contributed by atoms with Gasteiger partial charge in [-0.3, -0.25) is 0 Å².